The van der Waals surface area contributed by atoms with Crippen molar-refractivity contribution in [2.45, 2.75) is 27.7 Å². The van der Waals surface area contributed by atoms with Crippen LogP contribution in [0.3, 0.4) is 0 Å². The standard InChI is InChI=1S/C20H24BrNO4S/c1-7-26-18-13(21)8-12(9-14(18)25-6)10-15-19(24)22(5)17(27-15)11-16(23)20(2,3)4/h8-11H,7H2,1-6H3/b15-10+,17-11+. The highest BCUT2D eigenvalue weighted by molar-refractivity contribution is 9.10. The van der Waals surface area contributed by atoms with Crippen molar-refractivity contribution in [3.63, 3.8) is 0 Å². The van der Waals surface area contributed by atoms with Crippen molar-refractivity contribution in [1.82, 2.24) is 4.57 Å². The molecule has 0 atom stereocenters. The van der Waals surface area contributed by atoms with E-state index in [4.69, 9.17) is 9.47 Å². The maximum atomic E-state index is 12.6. The predicted octanol–water partition coefficient (Wildman–Crippen LogP) is 2.84. The minimum absolute atomic E-state index is 0.0172. The molecule has 0 saturated heterocycles. The first-order valence-electron chi connectivity index (χ1n) is 8.52. The summed E-state index contributed by atoms with van der Waals surface area (Å²) in [5.74, 6) is 1.19. The molecule has 0 spiro atoms. The number of carbonyl (C=O) groups is 1. The number of ketones is 1. The van der Waals surface area contributed by atoms with Crippen LogP contribution in [0.15, 0.2) is 21.4 Å². The van der Waals surface area contributed by atoms with Gasteiger partial charge in [-0.15, -0.1) is 11.3 Å². The van der Waals surface area contributed by atoms with Crippen molar-refractivity contribution in [3.05, 3.63) is 41.7 Å². The van der Waals surface area contributed by atoms with Gasteiger partial charge in [-0.25, -0.2) is 0 Å². The maximum absolute atomic E-state index is 12.6. The number of nitrogens with zero attached hydrogens (tertiary/aromatic N) is 1. The lowest BCUT2D eigenvalue weighted by molar-refractivity contribution is -0.120. The van der Waals surface area contributed by atoms with E-state index in [1.807, 2.05) is 39.8 Å². The first-order chi connectivity index (χ1) is 12.6. The average Bonchev–Trinajstić information content (AvgIpc) is 2.84. The van der Waals surface area contributed by atoms with Crippen LogP contribution < -0.4 is 24.2 Å². The van der Waals surface area contributed by atoms with Gasteiger partial charge in [0.25, 0.3) is 5.56 Å². The number of aromatic nitrogens is 1. The third-order valence-corrected chi connectivity index (χ3v) is 5.59. The highest BCUT2D eigenvalue weighted by Crippen LogP contribution is 2.36. The number of halogens is 1. The lowest BCUT2D eigenvalue weighted by atomic mass is 9.91. The number of ether oxygens (including phenoxy) is 2. The van der Waals surface area contributed by atoms with E-state index in [1.54, 1.807) is 20.2 Å². The second-order valence-electron chi connectivity index (χ2n) is 7.04. The third kappa shape index (κ3) is 4.90. The molecule has 27 heavy (non-hydrogen) atoms. The van der Waals surface area contributed by atoms with Crippen molar-refractivity contribution in [2.75, 3.05) is 13.7 Å². The molecule has 7 heteroatoms. The Morgan fingerprint density at radius 2 is 2.00 bits per heavy atom. The van der Waals surface area contributed by atoms with Crippen LogP contribution in [-0.2, 0) is 11.8 Å². The first kappa shape index (κ1) is 21.4. The van der Waals surface area contributed by atoms with Gasteiger partial charge in [0.2, 0.25) is 0 Å². The number of hydrogen-bond donors (Lipinski definition) is 0. The smallest absolute Gasteiger partial charge is 0.268 e. The molecule has 5 nitrogen and oxygen atoms in total. The summed E-state index contributed by atoms with van der Waals surface area (Å²) in [6.45, 7) is 7.99. The number of Topliss-reactive ketones (excluding diaryl/α,β-unsaturated/α-hetero) is 1. The molecule has 0 N–H and O–H groups in total. The fourth-order valence-electron chi connectivity index (χ4n) is 2.30. The second-order valence-corrected chi connectivity index (χ2v) is 8.96. The summed E-state index contributed by atoms with van der Waals surface area (Å²) >= 11 is 4.78. The molecule has 0 saturated carbocycles. The van der Waals surface area contributed by atoms with E-state index in [9.17, 15) is 9.59 Å². The molecule has 1 heterocycles. The van der Waals surface area contributed by atoms with Crippen LogP contribution >= 0.6 is 27.3 Å². The fraction of sp³-hybridized carbons (Fsp3) is 0.400. The lowest BCUT2D eigenvalue weighted by Gasteiger charge is -2.12. The topological polar surface area (TPSA) is 57.5 Å². The summed E-state index contributed by atoms with van der Waals surface area (Å²) in [5, 5.41) is 0. The number of rotatable bonds is 5. The van der Waals surface area contributed by atoms with Gasteiger partial charge >= 0.3 is 0 Å². The summed E-state index contributed by atoms with van der Waals surface area (Å²) in [4.78, 5) is 24.9. The van der Waals surface area contributed by atoms with Crippen molar-refractivity contribution < 1.29 is 14.3 Å². The average molecular weight is 454 g/mol. The van der Waals surface area contributed by atoms with Gasteiger partial charge in [0.1, 0.15) is 4.66 Å². The third-order valence-electron chi connectivity index (χ3n) is 3.89. The van der Waals surface area contributed by atoms with E-state index in [0.717, 1.165) is 10.0 Å². The number of hydrogen-bond acceptors (Lipinski definition) is 5. The van der Waals surface area contributed by atoms with Gasteiger partial charge in [0, 0.05) is 18.5 Å². The Balaban J connectivity index is 2.60. The van der Waals surface area contributed by atoms with Crippen LogP contribution in [0.1, 0.15) is 33.3 Å². The number of carbonyl (C=O) groups excluding carboxylic acids is 1. The van der Waals surface area contributed by atoms with Crippen LogP contribution in [-0.4, -0.2) is 24.1 Å². The molecule has 0 unspecified atom stereocenters. The Labute approximate surface area is 171 Å². The van der Waals surface area contributed by atoms with Crippen molar-refractivity contribution >= 4 is 45.2 Å². The summed E-state index contributed by atoms with van der Waals surface area (Å²) < 4.78 is 14.4. The molecule has 0 aliphatic rings. The van der Waals surface area contributed by atoms with E-state index in [1.165, 1.54) is 22.0 Å². The highest BCUT2D eigenvalue weighted by atomic mass is 79.9. The minimum Gasteiger partial charge on any atom is -0.493 e. The summed E-state index contributed by atoms with van der Waals surface area (Å²) in [6.07, 6.45) is 3.33. The van der Waals surface area contributed by atoms with Crippen LogP contribution in [0.25, 0.3) is 12.2 Å². The largest absolute Gasteiger partial charge is 0.493 e. The highest BCUT2D eigenvalue weighted by Gasteiger charge is 2.19. The van der Waals surface area contributed by atoms with Crippen LogP contribution in [0.2, 0.25) is 0 Å². The Morgan fingerprint density at radius 3 is 2.56 bits per heavy atom. The Kier molecular flexibility index (Phi) is 6.70. The van der Waals surface area contributed by atoms with Gasteiger partial charge in [0.15, 0.2) is 17.3 Å². The zero-order valence-electron chi connectivity index (χ0n) is 16.4. The second kappa shape index (κ2) is 8.44. The monoisotopic (exact) mass is 453 g/mol. The maximum Gasteiger partial charge on any atom is 0.268 e. The predicted molar refractivity (Wildman–Crippen MR) is 113 cm³/mol. The molecule has 0 aliphatic heterocycles. The Hall–Kier alpha value is -1.86. The zero-order chi connectivity index (χ0) is 20.4. The molecule has 0 fully saturated rings. The molecule has 146 valence electrons. The molecule has 1 aromatic heterocycles. The van der Waals surface area contributed by atoms with Gasteiger partial charge < -0.3 is 14.0 Å². The molecular weight excluding hydrogens is 430 g/mol. The van der Waals surface area contributed by atoms with E-state index >= 15 is 0 Å². The summed E-state index contributed by atoms with van der Waals surface area (Å²) in [5.41, 5.74) is 0.170. The van der Waals surface area contributed by atoms with Gasteiger partial charge in [-0.05, 0) is 46.6 Å². The van der Waals surface area contributed by atoms with Gasteiger partial charge in [-0.3, -0.25) is 9.59 Å². The van der Waals surface area contributed by atoms with Crippen molar-refractivity contribution in [2.24, 2.45) is 12.5 Å². The van der Waals surface area contributed by atoms with E-state index in [0.29, 0.717) is 27.3 Å². The van der Waals surface area contributed by atoms with E-state index < -0.39 is 5.41 Å². The number of thiazole rings is 1. The first-order valence-corrected chi connectivity index (χ1v) is 10.1. The Morgan fingerprint density at radius 1 is 1.33 bits per heavy atom. The molecule has 0 amide bonds. The number of methoxy groups -OCH3 is 1. The Bertz CT molecular complexity index is 1030. The SMILES string of the molecule is CCOc1c(Br)cc(/C=c2/s/c(=C/C(=O)C(C)(C)C)n(C)c2=O)cc1OC. The minimum atomic E-state index is -0.489. The molecule has 0 aliphatic carbocycles. The molecule has 0 bridgehead atoms. The van der Waals surface area contributed by atoms with E-state index in [2.05, 4.69) is 15.9 Å². The van der Waals surface area contributed by atoms with Gasteiger partial charge in [-0.2, -0.15) is 0 Å². The lowest BCUT2D eigenvalue weighted by Crippen LogP contribution is -2.30. The quantitative estimate of drug-likeness (QED) is 0.698. The van der Waals surface area contributed by atoms with Gasteiger partial charge in [0.05, 0.1) is 22.7 Å². The van der Waals surface area contributed by atoms with Crippen molar-refractivity contribution in [1.29, 1.82) is 0 Å². The molecule has 2 aromatic rings. The van der Waals surface area contributed by atoms with Gasteiger partial charge in [-0.1, -0.05) is 20.8 Å². The number of benzene rings is 1. The molecule has 2 rings (SSSR count). The van der Waals surface area contributed by atoms with Crippen LogP contribution in [0.4, 0.5) is 0 Å². The van der Waals surface area contributed by atoms with Crippen LogP contribution in [0, 0.1) is 5.41 Å². The molecule has 0 radical (unpaired) electrons. The van der Waals surface area contributed by atoms with E-state index in [-0.39, 0.29) is 11.3 Å². The summed E-state index contributed by atoms with van der Waals surface area (Å²) in [6, 6.07) is 3.69. The molecular formula is C20H24BrNO4S. The van der Waals surface area contributed by atoms with Crippen LogP contribution in [0.5, 0.6) is 11.5 Å². The fourth-order valence-corrected chi connectivity index (χ4v) is 3.90. The normalized spacial score (nSPS) is 13.1. The van der Waals surface area contributed by atoms with Crippen molar-refractivity contribution in [3.8, 4) is 11.5 Å². The zero-order valence-corrected chi connectivity index (χ0v) is 18.8. The summed E-state index contributed by atoms with van der Waals surface area (Å²) in [7, 11) is 3.25. The molecule has 1 aromatic carbocycles.